The molecule has 2 aliphatic rings. The lowest BCUT2D eigenvalue weighted by Crippen LogP contribution is -2.62. The predicted molar refractivity (Wildman–Crippen MR) is 119 cm³/mol. The summed E-state index contributed by atoms with van der Waals surface area (Å²) in [7, 11) is 0. The minimum atomic E-state index is -0.545. The van der Waals surface area contributed by atoms with Gasteiger partial charge in [-0.25, -0.2) is 4.79 Å². The molecule has 2 aromatic heterocycles. The number of thiophene rings is 1. The van der Waals surface area contributed by atoms with E-state index < -0.39 is 5.66 Å². The number of rotatable bonds is 3. The Kier molecular flexibility index (Phi) is 5.07. The fourth-order valence-corrected chi connectivity index (χ4v) is 5.02. The zero-order valence-corrected chi connectivity index (χ0v) is 17.7. The van der Waals surface area contributed by atoms with Crippen LogP contribution in [0.2, 0.25) is 0 Å². The largest absolute Gasteiger partial charge is 0.445 e. The third kappa shape index (κ3) is 3.98. The summed E-state index contributed by atoms with van der Waals surface area (Å²) >= 11 is 1.47. The highest BCUT2D eigenvalue weighted by atomic mass is 32.1. The van der Waals surface area contributed by atoms with Crippen LogP contribution in [-0.2, 0) is 11.3 Å². The molecule has 31 heavy (non-hydrogen) atoms. The summed E-state index contributed by atoms with van der Waals surface area (Å²) in [6.07, 6.45) is 4.39. The molecule has 2 amide bonds. The van der Waals surface area contributed by atoms with Gasteiger partial charge in [0.1, 0.15) is 17.1 Å². The van der Waals surface area contributed by atoms with E-state index >= 15 is 0 Å². The van der Waals surface area contributed by atoms with Crippen molar-refractivity contribution in [3.8, 4) is 10.4 Å². The molecule has 0 radical (unpaired) electrons. The summed E-state index contributed by atoms with van der Waals surface area (Å²) in [5.74, 6) is -0.0702. The summed E-state index contributed by atoms with van der Waals surface area (Å²) in [5, 5.41) is 6.67. The van der Waals surface area contributed by atoms with Gasteiger partial charge in [-0.05, 0) is 29.3 Å². The highest BCUT2D eigenvalue weighted by Crippen LogP contribution is 2.40. The number of anilines is 1. The molecule has 1 fully saturated rings. The monoisotopic (exact) mass is 434 g/mol. The summed E-state index contributed by atoms with van der Waals surface area (Å²) in [6, 6.07) is 15.5. The van der Waals surface area contributed by atoms with Crippen molar-refractivity contribution in [2.45, 2.75) is 25.1 Å². The molecule has 2 aliphatic heterocycles. The fraction of sp³-hybridized carbons (Fsp3) is 0.261. The van der Waals surface area contributed by atoms with Crippen molar-refractivity contribution in [1.29, 1.82) is 0 Å². The van der Waals surface area contributed by atoms with Gasteiger partial charge in [0.2, 0.25) is 0 Å². The molecule has 7 nitrogen and oxygen atoms in total. The molecule has 158 valence electrons. The average Bonchev–Trinajstić information content (AvgIpc) is 3.24. The summed E-state index contributed by atoms with van der Waals surface area (Å²) < 4.78 is 5.45. The van der Waals surface area contributed by atoms with Crippen LogP contribution >= 0.6 is 11.3 Å². The molecule has 0 bridgehead atoms. The smallest absolute Gasteiger partial charge is 0.410 e. The van der Waals surface area contributed by atoms with E-state index in [0.29, 0.717) is 30.8 Å². The van der Waals surface area contributed by atoms with Crippen LogP contribution in [0.5, 0.6) is 0 Å². The van der Waals surface area contributed by atoms with Crippen LogP contribution < -0.4 is 10.6 Å². The van der Waals surface area contributed by atoms with Crippen molar-refractivity contribution in [1.82, 2.24) is 15.2 Å². The normalized spacial score (nSPS) is 16.9. The Balaban J connectivity index is 1.23. The molecule has 2 N–H and O–H groups in total. The van der Waals surface area contributed by atoms with E-state index in [1.54, 1.807) is 17.3 Å². The first-order valence-corrected chi connectivity index (χ1v) is 11.0. The number of benzene rings is 1. The van der Waals surface area contributed by atoms with Crippen LogP contribution in [0.15, 0.2) is 60.9 Å². The zero-order chi connectivity index (χ0) is 21.3. The van der Waals surface area contributed by atoms with Crippen LogP contribution in [0.4, 0.5) is 10.5 Å². The summed E-state index contributed by atoms with van der Waals surface area (Å²) in [5.41, 5.74) is 2.30. The molecular formula is C23H22N4O3S. The SMILES string of the molecule is O=C1NC2(CCN(C(=O)OCc3ccccc3)CC2)Nc2cc(-c3ccncc3)sc21. The molecule has 8 heteroatoms. The average molecular weight is 435 g/mol. The first-order valence-electron chi connectivity index (χ1n) is 10.2. The van der Waals surface area contributed by atoms with Crippen molar-refractivity contribution in [2.24, 2.45) is 0 Å². The quantitative estimate of drug-likeness (QED) is 0.649. The number of pyridine rings is 1. The number of likely N-dealkylation sites (tertiary alicyclic amines) is 1. The van der Waals surface area contributed by atoms with Crippen molar-refractivity contribution in [3.05, 3.63) is 71.4 Å². The van der Waals surface area contributed by atoms with Crippen molar-refractivity contribution in [2.75, 3.05) is 18.4 Å². The van der Waals surface area contributed by atoms with E-state index in [9.17, 15) is 9.59 Å². The predicted octanol–water partition coefficient (Wildman–Crippen LogP) is 4.09. The van der Waals surface area contributed by atoms with Gasteiger partial charge >= 0.3 is 6.09 Å². The minimum Gasteiger partial charge on any atom is -0.445 e. The topological polar surface area (TPSA) is 83.6 Å². The maximum Gasteiger partial charge on any atom is 0.410 e. The zero-order valence-electron chi connectivity index (χ0n) is 16.8. The van der Waals surface area contributed by atoms with Crippen molar-refractivity contribution < 1.29 is 14.3 Å². The van der Waals surface area contributed by atoms with Crippen LogP contribution in [0.3, 0.4) is 0 Å². The maximum absolute atomic E-state index is 12.8. The summed E-state index contributed by atoms with van der Waals surface area (Å²) in [6.45, 7) is 1.28. The molecule has 1 saturated heterocycles. The van der Waals surface area contributed by atoms with Gasteiger partial charge in [0.25, 0.3) is 5.91 Å². The van der Waals surface area contributed by atoms with Crippen molar-refractivity contribution in [3.63, 3.8) is 0 Å². The first-order chi connectivity index (χ1) is 15.1. The lowest BCUT2D eigenvalue weighted by molar-refractivity contribution is 0.0700. The van der Waals surface area contributed by atoms with Crippen LogP contribution in [-0.4, -0.2) is 40.6 Å². The Morgan fingerprint density at radius 2 is 1.84 bits per heavy atom. The van der Waals surface area contributed by atoms with Crippen LogP contribution in [0.1, 0.15) is 28.1 Å². The number of amides is 2. The Labute approximate surface area is 184 Å². The number of hydrogen-bond acceptors (Lipinski definition) is 6. The molecule has 1 spiro atoms. The Hall–Kier alpha value is -3.39. The van der Waals surface area contributed by atoms with Crippen LogP contribution in [0.25, 0.3) is 10.4 Å². The highest BCUT2D eigenvalue weighted by Gasteiger charge is 2.42. The molecule has 0 saturated carbocycles. The number of aromatic nitrogens is 1. The molecule has 0 aliphatic carbocycles. The van der Waals surface area contributed by atoms with Gasteiger partial charge in [-0.1, -0.05) is 30.3 Å². The van der Waals surface area contributed by atoms with Gasteiger partial charge in [-0.2, -0.15) is 0 Å². The number of ether oxygens (including phenoxy) is 1. The van der Waals surface area contributed by atoms with E-state index in [0.717, 1.165) is 21.7 Å². The van der Waals surface area contributed by atoms with Gasteiger partial charge in [0.15, 0.2) is 0 Å². The Bertz CT molecular complexity index is 1090. The second kappa shape index (κ2) is 8.03. The van der Waals surface area contributed by atoms with Gasteiger partial charge < -0.3 is 20.3 Å². The third-order valence-electron chi connectivity index (χ3n) is 5.71. The molecule has 4 heterocycles. The number of hydrogen-bond donors (Lipinski definition) is 2. The second-order valence-electron chi connectivity index (χ2n) is 7.78. The third-order valence-corrected chi connectivity index (χ3v) is 6.89. The van der Waals surface area contributed by atoms with Crippen LogP contribution in [0, 0.1) is 0 Å². The first kappa shape index (κ1) is 19.6. The number of fused-ring (bicyclic) bond motifs is 1. The maximum atomic E-state index is 12.8. The number of nitrogens with one attached hydrogen (secondary N) is 2. The number of nitrogens with zero attached hydrogens (tertiary/aromatic N) is 2. The molecule has 0 unspecified atom stereocenters. The highest BCUT2D eigenvalue weighted by molar-refractivity contribution is 7.18. The van der Waals surface area contributed by atoms with Gasteiger partial charge in [-0.15, -0.1) is 11.3 Å². The molecule has 0 atom stereocenters. The van der Waals surface area contributed by atoms with Gasteiger partial charge in [0.05, 0.1) is 5.69 Å². The Morgan fingerprint density at radius 1 is 1.10 bits per heavy atom. The van der Waals surface area contributed by atoms with Crippen molar-refractivity contribution >= 4 is 29.0 Å². The molecule has 5 rings (SSSR count). The molecule has 1 aromatic carbocycles. The second-order valence-corrected chi connectivity index (χ2v) is 8.83. The van der Waals surface area contributed by atoms with E-state index in [4.69, 9.17) is 4.74 Å². The fourth-order valence-electron chi connectivity index (χ4n) is 4.01. The number of carbonyl (C=O) groups is 2. The molecule has 3 aromatic rings. The van der Waals surface area contributed by atoms with E-state index in [1.165, 1.54) is 11.3 Å². The molecular weight excluding hydrogens is 412 g/mol. The summed E-state index contributed by atoms with van der Waals surface area (Å²) in [4.78, 5) is 32.7. The lowest BCUT2D eigenvalue weighted by Gasteiger charge is -2.44. The van der Waals surface area contributed by atoms with E-state index in [-0.39, 0.29) is 18.6 Å². The number of piperidine rings is 1. The van der Waals surface area contributed by atoms with Gasteiger partial charge in [0, 0.05) is 43.2 Å². The Morgan fingerprint density at radius 3 is 2.58 bits per heavy atom. The lowest BCUT2D eigenvalue weighted by atomic mass is 9.94. The minimum absolute atomic E-state index is 0.0702. The standard InChI is InChI=1S/C23H22N4O3S/c28-21-20-18(14-19(31-20)17-6-10-24-11-7-17)25-23(26-21)8-12-27(13-9-23)22(29)30-15-16-4-2-1-3-5-16/h1-7,10-11,14,25H,8-9,12-13,15H2,(H,26,28). The van der Waals surface area contributed by atoms with Gasteiger partial charge in [-0.3, -0.25) is 9.78 Å². The van der Waals surface area contributed by atoms with E-state index in [2.05, 4.69) is 15.6 Å². The number of carbonyl (C=O) groups excluding carboxylic acids is 2. The van der Waals surface area contributed by atoms with E-state index in [1.807, 2.05) is 48.5 Å².